The van der Waals surface area contributed by atoms with E-state index in [1.165, 1.54) is 5.56 Å². The Hall–Kier alpha value is -1.39. The van der Waals surface area contributed by atoms with E-state index in [9.17, 15) is 9.90 Å². The highest BCUT2D eigenvalue weighted by Gasteiger charge is 2.21. The van der Waals surface area contributed by atoms with Crippen molar-refractivity contribution in [1.82, 2.24) is 0 Å². The molecule has 1 aromatic rings. The van der Waals surface area contributed by atoms with Crippen LogP contribution in [0.5, 0.6) is 0 Å². The number of hydrogen-bond donors (Lipinski definition) is 2. The summed E-state index contributed by atoms with van der Waals surface area (Å²) in [4.78, 5) is 13.5. The Labute approximate surface area is 114 Å². The van der Waals surface area contributed by atoms with E-state index in [4.69, 9.17) is 5.73 Å². The quantitative estimate of drug-likeness (QED) is 0.869. The lowest BCUT2D eigenvalue weighted by Gasteiger charge is -2.29. The average Bonchev–Trinajstić information content (AvgIpc) is 2.43. The predicted molar refractivity (Wildman–Crippen MR) is 76.0 cm³/mol. The predicted octanol–water partition coefficient (Wildman–Crippen LogP) is 1.76. The van der Waals surface area contributed by atoms with E-state index >= 15 is 0 Å². The number of hydrogen-bond acceptors (Lipinski definition) is 3. The van der Waals surface area contributed by atoms with Gasteiger partial charge in [-0.3, -0.25) is 4.79 Å². The zero-order valence-corrected chi connectivity index (χ0v) is 11.4. The minimum absolute atomic E-state index is 0.0644. The first-order valence-corrected chi connectivity index (χ1v) is 6.92. The van der Waals surface area contributed by atoms with Gasteiger partial charge in [0.1, 0.15) is 0 Å². The van der Waals surface area contributed by atoms with Crippen molar-refractivity contribution < 1.29 is 9.90 Å². The summed E-state index contributed by atoms with van der Waals surface area (Å²) in [5, 5.41) is 10.1. The number of anilines is 1. The third kappa shape index (κ3) is 3.14. The van der Waals surface area contributed by atoms with Crippen LogP contribution in [0.4, 0.5) is 5.69 Å². The molecular formula is C15H22N2O2. The van der Waals surface area contributed by atoms with E-state index in [1.54, 1.807) is 11.8 Å². The number of carbonyl (C=O) groups excluding carboxylic acids is 1. The molecule has 1 aliphatic rings. The van der Waals surface area contributed by atoms with Gasteiger partial charge in [0.25, 0.3) is 0 Å². The summed E-state index contributed by atoms with van der Waals surface area (Å²) in [6.07, 6.45) is 2.97. The van der Waals surface area contributed by atoms with Gasteiger partial charge in [0.05, 0.1) is 6.10 Å². The number of nitrogens with zero attached hydrogens (tertiary/aromatic N) is 1. The molecule has 0 fully saturated rings. The summed E-state index contributed by atoms with van der Waals surface area (Å²) >= 11 is 0. The zero-order valence-electron chi connectivity index (χ0n) is 11.4. The van der Waals surface area contributed by atoms with Crippen molar-refractivity contribution in [3.8, 4) is 0 Å². The van der Waals surface area contributed by atoms with Gasteiger partial charge < -0.3 is 15.7 Å². The van der Waals surface area contributed by atoms with E-state index in [2.05, 4.69) is 0 Å². The number of benzene rings is 1. The van der Waals surface area contributed by atoms with Crippen LogP contribution in [0.15, 0.2) is 18.2 Å². The van der Waals surface area contributed by atoms with Crippen LogP contribution < -0.4 is 10.6 Å². The van der Waals surface area contributed by atoms with Gasteiger partial charge in [-0.05, 0) is 49.4 Å². The fourth-order valence-electron chi connectivity index (χ4n) is 2.60. The maximum absolute atomic E-state index is 11.7. The third-order valence-electron chi connectivity index (χ3n) is 3.67. The first-order valence-electron chi connectivity index (χ1n) is 6.92. The maximum atomic E-state index is 11.7. The van der Waals surface area contributed by atoms with E-state index in [0.717, 1.165) is 37.1 Å². The summed E-state index contributed by atoms with van der Waals surface area (Å²) in [6, 6.07) is 5.95. The molecule has 0 bridgehead atoms. The number of carbonyl (C=O) groups is 1. The van der Waals surface area contributed by atoms with E-state index in [0.29, 0.717) is 13.0 Å². The molecule has 1 heterocycles. The molecule has 0 aromatic heterocycles. The fraction of sp³-hybridized carbons (Fsp3) is 0.533. The number of nitrogens with two attached hydrogens (primary N) is 1. The van der Waals surface area contributed by atoms with Crippen LogP contribution in [0, 0.1) is 0 Å². The van der Waals surface area contributed by atoms with Crippen LogP contribution in [0.25, 0.3) is 0 Å². The first kappa shape index (κ1) is 14.0. The van der Waals surface area contributed by atoms with Crippen molar-refractivity contribution >= 4 is 11.6 Å². The summed E-state index contributed by atoms with van der Waals surface area (Å²) in [6.45, 7) is 2.94. The molecular weight excluding hydrogens is 240 g/mol. The molecule has 4 nitrogen and oxygen atoms in total. The van der Waals surface area contributed by atoms with Gasteiger partial charge in [-0.1, -0.05) is 12.1 Å². The van der Waals surface area contributed by atoms with Crippen molar-refractivity contribution in [1.29, 1.82) is 0 Å². The molecule has 2 rings (SSSR count). The van der Waals surface area contributed by atoms with Gasteiger partial charge in [0.15, 0.2) is 0 Å². The highest BCUT2D eigenvalue weighted by atomic mass is 16.3. The van der Waals surface area contributed by atoms with Gasteiger partial charge in [-0.25, -0.2) is 0 Å². The van der Waals surface area contributed by atoms with Gasteiger partial charge in [-0.15, -0.1) is 0 Å². The Morgan fingerprint density at radius 3 is 3.00 bits per heavy atom. The molecule has 1 atom stereocenters. The summed E-state index contributed by atoms with van der Waals surface area (Å²) in [7, 11) is 0. The summed E-state index contributed by atoms with van der Waals surface area (Å²) in [5.41, 5.74) is 8.49. The number of amides is 1. The number of fused-ring (bicyclic) bond motifs is 1. The van der Waals surface area contributed by atoms with Crippen molar-refractivity contribution in [3.63, 3.8) is 0 Å². The number of aliphatic hydroxyl groups excluding tert-OH is 1. The SMILES string of the molecule is CC(=O)N1CCCc2ccc(C(O)CCCN)cc21. The van der Waals surface area contributed by atoms with E-state index in [1.807, 2.05) is 18.2 Å². The molecule has 1 amide bonds. The van der Waals surface area contributed by atoms with Crippen molar-refractivity contribution in [3.05, 3.63) is 29.3 Å². The number of aryl methyl sites for hydroxylation is 1. The molecule has 0 radical (unpaired) electrons. The van der Waals surface area contributed by atoms with Crippen molar-refractivity contribution in [2.24, 2.45) is 5.73 Å². The topological polar surface area (TPSA) is 66.6 Å². The highest BCUT2D eigenvalue weighted by molar-refractivity contribution is 5.92. The van der Waals surface area contributed by atoms with Gasteiger partial charge in [0.2, 0.25) is 5.91 Å². The molecule has 0 aliphatic carbocycles. The second-order valence-corrected chi connectivity index (χ2v) is 5.11. The molecule has 1 unspecified atom stereocenters. The van der Waals surface area contributed by atoms with Crippen LogP contribution in [0.2, 0.25) is 0 Å². The van der Waals surface area contributed by atoms with E-state index < -0.39 is 6.10 Å². The minimum atomic E-state index is -0.496. The zero-order chi connectivity index (χ0) is 13.8. The fourth-order valence-corrected chi connectivity index (χ4v) is 2.60. The molecule has 0 spiro atoms. The number of rotatable bonds is 4. The Bertz CT molecular complexity index is 459. The molecule has 3 N–H and O–H groups in total. The smallest absolute Gasteiger partial charge is 0.223 e. The average molecular weight is 262 g/mol. The molecule has 4 heteroatoms. The van der Waals surface area contributed by atoms with Crippen LogP contribution in [-0.2, 0) is 11.2 Å². The lowest BCUT2D eigenvalue weighted by Crippen LogP contribution is -2.33. The van der Waals surface area contributed by atoms with Gasteiger partial charge >= 0.3 is 0 Å². The first-order chi connectivity index (χ1) is 9.13. The largest absolute Gasteiger partial charge is 0.388 e. The third-order valence-corrected chi connectivity index (χ3v) is 3.67. The molecule has 1 aromatic carbocycles. The normalized spacial score (nSPS) is 16.1. The minimum Gasteiger partial charge on any atom is -0.388 e. The summed E-state index contributed by atoms with van der Waals surface area (Å²) in [5.74, 6) is 0.0644. The molecule has 1 aliphatic heterocycles. The Kier molecular flexibility index (Phi) is 4.56. The molecule has 19 heavy (non-hydrogen) atoms. The number of aliphatic hydroxyl groups is 1. The molecule has 0 saturated heterocycles. The van der Waals surface area contributed by atoms with Crippen LogP contribution >= 0.6 is 0 Å². The lowest BCUT2D eigenvalue weighted by atomic mass is 9.96. The van der Waals surface area contributed by atoms with Crippen LogP contribution in [-0.4, -0.2) is 24.1 Å². The maximum Gasteiger partial charge on any atom is 0.223 e. The van der Waals surface area contributed by atoms with E-state index in [-0.39, 0.29) is 5.91 Å². The van der Waals surface area contributed by atoms with Crippen LogP contribution in [0.3, 0.4) is 0 Å². The second-order valence-electron chi connectivity index (χ2n) is 5.11. The summed E-state index contributed by atoms with van der Waals surface area (Å²) < 4.78 is 0. The Balaban J connectivity index is 2.25. The highest BCUT2D eigenvalue weighted by Crippen LogP contribution is 2.31. The standard InChI is InChI=1S/C15H22N2O2/c1-11(18)17-9-3-4-12-6-7-13(10-14(12)17)15(19)5-2-8-16/h6-7,10,15,19H,2-5,8-9,16H2,1H3. The van der Waals surface area contributed by atoms with Crippen molar-refractivity contribution in [2.45, 2.75) is 38.7 Å². The van der Waals surface area contributed by atoms with Gasteiger partial charge in [0, 0.05) is 19.2 Å². The Morgan fingerprint density at radius 1 is 1.53 bits per heavy atom. The van der Waals surface area contributed by atoms with Gasteiger partial charge in [-0.2, -0.15) is 0 Å². The monoisotopic (exact) mass is 262 g/mol. The molecule has 104 valence electrons. The van der Waals surface area contributed by atoms with Crippen LogP contribution in [0.1, 0.15) is 43.4 Å². The Morgan fingerprint density at radius 2 is 2.32 bits per heavy atom. The molecule has 0 saturated carbocycles. The second kappa shape index (κ2) is 6.17. The van der Waals surface area contributed by atoms with Crippen molar-refractivity contribution in [2.75, 3.05) is 18.0 Å². The lowest BCUT2D eigenvalue weighted by molar-refractivity contribution is -0.116.